The molecule has 0 bridgehead atoms. The van der Waals surface area contributed by atoms with Crippen molar-refractivity contribution in [1.82, 2.24) is 5.06 Å². The van der Waals surface area contributed by atoms with Crippen LogP contribution in [0.2, 0.25) is 0 Å². The predicted molar refractivity (Wildman–Crippen MR) is 87.5 cm³/mol. The first-order valence-corrected chi connectivity index (χ1v) is 8.02. The van der Waals surface area contributed by atoms with Gasteiger partial charge < -0.3 is 4.74 Å². The number of nitro benzene ring substituents is 1. The monoisotopic (exact) mass is 326 g/mol. The van der Waals surface area contributed by atoms with E-state index in [1.165, 1.54) is 6.07 Å². The summed E-state index contributed by atoms with van der Waals surface area (Å²) in [6, 6.07) is 14.9. The van der Waals surface area contributed by atoms with Crippen LogP contribution in [0.3, 0.4) is 0 Å². The van der Waals surface area contributed by atoms with Crippen LogP contribution in [-0.2, 0) is 4.84 Å². The van der Waals surface area contributed by atoms with Crippen molar-refractivity contribution in [2.24, 2.45) is 5.92 Å². The molecule has 0 N–H and O–H groups in total. The second-order valence-electron chi connectivity index (χ2n) is 6.24. The van der Waals surface area contributed by atoms with Crippen molar-refractivity contribution in [2.45, 2.75) is 19.0 Å². The van der Waals surface area contributed by atoms with Crippen molar-refractivity contribution >= 4 is 5.69 Å². The molecule has 0 aliphatic carbocycles. The van der Waals surface area contributed by atoms with Crippen molar-refractivity contribution in [2.75, 3.05) is 13.2 Å². The van der Waals surface area contributed by atoms with Gasteiger partial charge in [-0.15, -0.1) is 0 Å². The van der Waals surface area contributed by atoms with Gasteiger partial charge in [0.1, 0.15) is 5.75 Å². The van der Waals surface area contributed by atoms with Gasteiger partial charge >= 0.3 is 0 Å². The molecule has 2 heterocycles. The molecule has 2 aliphatic rings. The molecule has 2 aliphatic heterocycles. The van der Waals surface area contributed by atoms with Crippen LogP contribution >= 0.6 is 0 Å². The number of nitrogens with zero attached hydrogens (tertiary/aromatic N) is 2. The highest BCUT2D eigenvalue weighted by Gasteiger charge is 2.44. The summed E-state index contributed by atoms with van der Waals surface area (Å²) in [7, 11) is 0. The maximum absolute atomic E-state index is 11.1. The average Bonchev–Trinajstić information content (AvgIpc) is 3.06. The Balaban J connectivity index is 1.72. The van der Waals surface area contributed by atoms with Crippen LogP contribution < -0.4 is 4.74 Å². The lowest BCUT2D eigenvalue weighted by Crippen LogP contribution is -2.32. The molecule has 0 amide bonds. The summed E-state index contributed by atoms with van der Waals surface area (Å²) >= 11 is 0. The third kappa shape index (κ3) is 2.44. The Morgan fingerprint density at radius 1 is 1.21 bits per heavy atom. The van der Waals surface area contributed by atoms with Gasteiger partial charge in [-0.3, -0.25) is 15.0 Å². The van der Waals surface area contributed by atoms with Crippen LogP contribution in [0.1, 0.15) is 30.1 Å². The van der Waals surface area contributed by atoms with Crippen molar-refractivity contribution in [3.05, 3.63) is 69.8 Å². The number of benzene rings is 2. The smallest absolute Gasteiger partial charge is 0.270 e. The van der Waals surface area contributed by atoms with Crippen molar-refractivity contribution in [3.8, 4) is 5.75 Å². The van der Waals surface area contributed by atoms with E-state index < -0.39 is 0 Å². The first-order valence-electron chi connectivity index (χ1n) is 8.02. The Morgan fingerprint density at radius 3 is 2.75 bits per heavy atom. The van der Waals surface area contributed by atoms with Crippen LogP contribution in [0.15, 0.2) is 48.5 Å². The fraction of sp³-hybridized carbons (Fsp3) is 0.333. The van der Waals surface area contributed by atoms with E-state index >= 15 is 0 Å². The van der Waals surface area contributed by atoms with Crippen molar-refractivity contribution < 1.29 is 14.5 Å². The minimum absolute atomic E-state index is 0.0381. The Labute approximate surface area is 139 Å². The van der Waals surface area contributed by atoms with Crippen LogP contribution in [0.25, 0.3) is 0 Å². The minimum Gasteiger partial charge on any atom is -0.493 e. The summed E-state index contributed by atoms with van der Waals surface area (Å²) < 4.78 is 5.78. The van der Waals surface area contributed by atoms with E-state index in [0.29, 0.717) is 19.0 Å². The summed E-state index contributed by atoms with van der Waals surface area (Å²) in [6.07, 6.45) is 0. The Bertz CT molecular complexity index is 765. The topological polar surface area (TPSA) is 64.8 Å². The third-order valence-corrected chi connectivity index (χ3v) is 4.80. The lowest BCUT2D eigenvalue weighted by molar-refractivity contribution is -0.385. The van der Waals surface area contributed by atoms with Gasteiger partial charge in [0.25, 0.3) is 5.69 Å². The number of hydrogen-bond donors (Lipinski definition) is 0. The molecule has 0 spiro atoms. The normalized spacial score (nSPS) is 23.9. The van der Waals surface area contributed by atoms with Crippen LogP contribution in [0.5, 0.6) is 5.75 Å². The highest BCUT2D eigenvalue weighted by molar-refractivity contribution is 5.47. The van der Waals surface area contributed by atoms with Crippen LogP contribution in [0.4, 0.5) is 5.69 Å². The van der Waals surface area contributed by atoms with Gasteiger partial charge in [-0.1, -0.05) is 30.3 Å². The summed E-state index contributed by atoms with van der Waals surface area (Å²) in [5.74, 6) is 0.878. The van der Waals surface area contributed by atoms with Gasteiger partial charge in [0.05, 0.1) is 30.2 Å². The summed E-state index contributed by atoms with van der Waals surface area (Å²) in [6.45, 7) is 3.21. The van der Waals surface area contributed by atoms with E-state index in [1.54, 1.807) is 12.1 Å². The molecular weight excluding hydrogens is 308 g/mol. The SMILES string of the molecule is C[C@H](c1ccccc1)N1OC[C@@H]2COc3ccc([N+](=O)[O-])cc3[C@@H]21. The molecule has 6 nitrogen and oxygen atoms in total. The summed E-state index contributed by atoms with van der Waals surface area (Å²) in [4.78, 5) is 16.7. The van der Waals surface area contributed by atoms with Crippen molar-refractivity contribution in [3.63, 3.8) is 0 Å². The summed E-state index contributed by atoms with van der Waals surface area (Å²) in [5, 5.41) is 13.1. The van der Waals surface area contributed by atoms with Crippen molar-refractivity contribution in [1.29, 1.82) is 0 Å². The van der Waals surface area contributed by atoms with Gasteiger partial charge in [0, 0.05) is 23.6 Å². The lowest BCUT2D eigenvalue weighted by atomic mass is 9.90. The van der Waals surface area contributed by atoms with E-state index in [2.05, 4.69) is 19.1 Å². The molecule has 4 rings (SSSR count). The van der Waals surface area contributed by atoms with Gasteiger partial charge in [-0.05, 0) is 18.6 Å². The second-order valence-corrected chi connectivity index (χ2v) is 6.24. The molecule has 3 atom stereocenters. The zero-order valence-electron chi connectivity index (χ0n) is 13.3. The number of hydroxylamine groups is 2. The van der Waals surface area contributed by atoms with E-state index in [1.807, 2.05) is 23.3 Å². The molecule has 2 aromatic rings. The highest BCUT2D eigenvalue weighted by Crippen LogP contribution is 2.47. The molecule has 6 heteroatoms. The van der Waals surface area contributed by atoms with Gasteiger partial charge in [-0.25, -0.2) is 0 Å². The molecule has 1 fully saturated rings. The number of ether oxygens (including phenoxy) is 1. The van der Waals surface area contributed by atoms with Gasteiger partial charge in [0.15, 0.2) is 0 Å². The Kier molecular flexibility index (Phi) is 3.70. The van der Waals surface area contributed by atoms with E-state index in [-0.39, 0.29) is 28.6 Å². The predicted octanol–water partition coefficient (Wildman–Crippen LogP) is 3.65. The molecule has 2 aromatic carbocycles. The molecule has 1 saturated heterocycles. The average molecular weight is 326 g/mol. The van der Waals surface area contributed by atoms with E-state index in [0.717, 1.165) is 11.1 Å². The fourth-order valence-electron chi connectivity index (χ4n) is 3.53. The Hall–Kier alpha value is -2.44. The second kappa shape index (κ2) is 5.89. The van der Waals surface area contributed by atoms with E-state index in [9.17, 15) is 10.1 Å². The maximum Gasteiger partial charge on any atom is 0.270 e. The Morgan fingerprint density at radius 2 is 2.00 bits per heavy atom. The number of non-ortho nitro benzene ring substituents is 1. The third-order valence-electron chi connectivity index (χ3n) is 4.80. The summed E-state index contributed by atoms with van der Waals surface area (Å²) in [5.41, 5.74) is 2.06. The lowest BCUT2D eigenvalue weighted by Gasteiger charge is -2.34. The van der Waals surface area contributed by atoms with Crippen LogP contribution in [-0.4, -0.2) is 23.2 Å². The highest BCUT2D eigenvalue weighted by atomic mass is 16.7. The zero-order valence-corrected chi connectivity index (χ0v) is 13.3. The molecule has 0 unspecified atom stereocenters. The molecule has 124 valence electrons. The largest absolute Gasteiger partial charge is 0.493 e. The first-order chi connectivity index (χ1) is 11.6. The number of hydrogen-bond acceptors (Lipinski definition) is 5. The standard InChI is InChI=1S/C18H18N2O4/c1-12(13-5-3-2-4-6-13)19-18-14(11-24-19)10-23-17-8-7-15(20(21)22)9-16(17)18/h2-9,12,14,18H,10-11H2,1H3/t12-,14+,18-/m1/s1. The number of rotatable bonds is 3. The van der Waals surface area contributed by atoms with Gasteiger partial charge in [-0.2, -0.15) is 5.06 Å². The number of nitro groups is 1. The molecule has 0 saturated carbocycles. The quantitative estimate of drug-likeness (QED) is 0.636. The minimum atomic E-state index is -0.370. The van der Waals surface area contributed by atoms with Crippen LogP contribution in [0, 0.1) is 16.0 Å². The number of fused-ring (bicyclic) bond motifs is 3. The molecule has 24 heavy (non-hydrogen) atoms. The van der Waals surface area contributed by atoms with Gasteiger partial charge in [0.2, 0.25) is 0 Å². The first kappa shape index (κ1) is 15.1. The van der Waals surface area contributed by atoms with E-state index in [4.69, 9.17) is 9.57 Å². The molecular formula is C18H18N2O4. The molecule has 0 radical (unpaired) electrons. The fourth-order valence-corrected chi connectivity index (χ4v) is 3.53. The zero-order chi connectivity index (χ0) is 16.7. The molecule has 0 aromatic heterocycles. The maximum atomic E-state index is 11.1.